The van der Waals surface area contributed by atoms with Crippen molar-refractivity contribution in [3.63, 3.8) is 0 Å². The molecule has 0 aliphatic carbocycles. The molecule has 7 nitrogen and oxygen atoms in total. The van der Waals surface area contributed by atoms with Gasteiger partial charge in [0.15, 0.2) is 18.2 Å². The third kappa shape index (κ3) is 5.46. The summed E-state index contributed by atoms with van der Waals surface area (Å²) in [6.45, 7) is 2.89. The Bertz CT molecular complexity index is 804. The van der Waals surface area contributed by atoms with Gasteiger partial charge in [0.05, 0.1) is 16.9 Å². The Kier molecular flexibility index (Phi) is 6.88. The quantitative estimate of drug-likeness (QED) is 0.671. The maximum Gasteiger partial charge on any atom is 0.344 e. The van der Waals surface area contributed by atoms with Crippen molar-refractivity contribution in [2.24, 2.45) is 5.92 Å². The van der Waals surface area contributed by atoms with Crippen LogP contribution in [-0.4, -0.2) is 50.5 Å². The van der Waals surface area contributed by atoms with Gasteiger partial charge in [-0.15, -0.1) is 0 Å². The monoisotopic (exact) mass is 405 g/mol. The van der Waals surface area contributed by atoms with Crippen LogP contribution >= 0.6 is 0 Å². The van der Waals surface area contributed by atoms with Crippen molar-refractivity contribution >= 4 is 22.0 Å². The molecule has 0 amide bonds. The highest BCUT2D eigenvalue weighted by molar-refractivity contribution is 7.89. The zero-order valence-corrected chi connectivity index (χ0v) is 15.8. The lowest BCUT2D eigenvalue weighted by Gasteiger charge is -2.30. The van der Waals surface area contributed by atoms with E-state index in [1.807, 2.05) is 0 Å². The van der Waals surface area contributed by atoms with E-state index in [1.165, 1.54) is 0 Å². The van der Waals surface area contributed by atoms with Gasteiger partial charge in [0.25, 0.3) is 0 Å². The van der Waals surface area contributed by atoms with E-state index in [0.717, 1.165) is 16.4 Å². The van der Waals surface area contributed by atoms with Gasteiger partial charge in [-0.05, 0) is 44.9 Å². The standard InChI is InChI=1S/C17H21F2NO6S/c1-11(2)26-16(21)10-25-17(22)12-5-7-20(8-6-12)27(23,24)13-3-4-14(18)15(19)9-13/h3-4,9,11-12H,5-8,10H2,1-2H3. The molecule has 0 bridgehead atoms. The molecule has 0 spiro atoms. The first-order chi connectivity index (χ1) is 12.6. The van der Waals surface area contributed by atoms with E-state index in [0.29, 0.717) is 6.07 Å². The zero-order valence-electron chi connectivity index (χ0n) is 15.0. The van der Waals surface area contributed by atoms with E-state index in [2.05, 4.69) is 0 Å². The number of carbonyl (C=O) groups excluding carboxylic acids is 2. The highest BCUT2D eigenvalue weighted by Crippen LogP contribution is 2.25. The molecule has 150 valence electrons. The van der Waals surface area contributed by atoms with E-state index in [1.54, 1.807) is 13.8 Å². The predicted molar refractivity (Wildman–Crippen MR) is 90.0 cm³/mol. The summed E-state index contributed by atoms with van der Waals surface area (Å²) < 4.78 is 62.2. The summed E-state index contributed by atoms with van der Waals surface area (Å²) in [5.41, 5.74) is 0. The minimum atomic E-state index is -3.99. The van der Waals surface area contributed by atoms with E-state index in [-0.39, 0.29) is 36.9 Å². The van der Waals surface area contributed by atoms with Crippen molar-refractivity contribution in [2.45, 2.75) is 37.7 Å². The van der Waals surface area contributed by atoms with Gasteiger partial charge in [-0.1, -0.05) is 0 Å². The molecule has 1 heterocycles. The largest absolute Gasteiger partial charge is 0.460 e. The van der Waals surface area contributed by atoms with Crippen molar-refractivity contribution < 1.29 is 36.3 Å². The number of hydrogen-bond acceptors (Lipinski definition) is 6. The van der Waals surface area contributed by atoms with E-state index in [4.69, 9.17) is 9.47 Å². The number of ether oxygens (including phenoxy) is 2. The lowest BCUT2D eigenvalue weighted by Crippen LogP contribution is -2.40. The third-order valence-corrected chi connectivity index (χ3v) is 5.91. The Hall–Kier alpha value is -2.07. The van der Waals surface area contributed by atoms with Gasteiger partial charge >= 0.3 is 11.9 Å². The molecule has 0 atom stereocenters. The molecule has 1 aliphatic heterocycles. The van der Waals surface area contributed by atoms with Crippen LogP contribution in [0.1, 0.15) is 26.7 Å². The van der Waals surface area contributed by atoms with Crippen LogP contribution in [0.4, 0.5) is 8.78 Å². The first-order valence-corrected chi connectivity index (χ1v) is 9.86. The van der Waals surface area contributed by atoms with Crippen LogP contribution in [0.25, 0.3) is 0 Å². The first kappa shape index (κ1) is 21.2. The van der Waals surface area contributed by atoms with Gasteiger partial charge < -0.3 is 9.47 Å². The summed E-state index contributed by atoms with van der Waals surface area (Å²) in [5.74, 6) is -4.18. The van der Waals surface area contributed by atoms with Crippen molar-refractivity contribution in [1.29, 1.82) is 0 Å². The van der Waals surface area contributed by atoms with Gasteiger partial charge in [0, 0.05) is 13.1 Å². The lowest BCUT2D eigenvalue weighted by atomic mass is 9.98. The summed E-state index contributed by atoms with van der Waals surface area (Å²) >= 11 is 0. The SMILES string of the molecule is CC(C)OC(=O)COC(=O)C1CCN(S(=O)(=O)c2ccc(F)c(F)c2)CC1. The molecule has 1 aromatic rings. The van der Waals surface area contributed by atoms with Crippen molar-refractivity contribution in [3.05, 3.63) is 29.8 Å². The van der Waals surface area contributed by atoms with Crippen molar-refractivity contribution in [1.82, 2.24) is 4.31 Å². The van der Waals surface area contributed by atoms with E-state index in [9.17, 15) is 26.8 Å². The molecule has 0 unspecified atom stereocenters. The Morgan fingerprint density at radius 2 is 1.81 bits per heavy atom. The lowest BCUT2D eigenvalue weighted by molar-refractivity contribution is -0.164. The Labute approximate surface area is 156 Å². The maximum atomic E-state index is 13.3. The molecule has 1 fully saturated rings. The number of nitrogens with zero attached hydrogens (tertiary/aromatic N) is 1. The topological polar surface area (TPSA) is 90.0 Å². The molecule has 0 radical (unpaired) electrons. The number of sulfonamides is 1. The molecule has 27 heavy (non-hydrogen) atoms. The fourth-order valence-corrected chi connectivity index (χ4v) is 4.15. The number of carbonyl (C=O) groups is 2. The normalized spacial score (nSPS) is 16.3. The second-order valence-electron chi connectivity index (χ2n) is 6.40. The van der Waals surface area contributed by atoms with Gasteiger partial charge in [0.1, 0.15) is 0 Å². The van der Waals surface area contributed by atoms with Crippen LogP contribution in [0.3, 0.4) is 0 Å². The zero-order chi connectivity index (χ0) is 20.2. The number of halogens is 2. The van der Waals surface area contributed by atoms with E-state index >= 15 is 0 Å². The first-order valence-electron chi connectivity index (χ1n) is 8.42. The van der Waals surface area contributed by atoms with Gasteiger partial charge in [-0.25, -0.2) is 22.0 Å². The number of piperidine rings is 1. The highest BCUT2D eigenvalue weighted by Gasteiger charge is 2.33. The molecular formula is C17H21F2NO6S. The summed E-state index contributed by atoms with van der Waals surface area (Å²) in [6, 6.07) is 2.38. The predicted octanol–water partition coefficient (Wildman–Crippen LogP) is 1.86. The third-order valence-electron chi connectivity index (χ3n) is 4.02. The van der Waals surface area contributed by atoms with Gasteiger partial charge in [-0.2, -0.15) is 4.31 Å². The van der Waals surface area contributed by atoms with Crippen LogP contribution in [0.15, 0.2) is 23.1 Å². The molecular weight excluding hydrogens is 384 g/mol. The van der Waals surface area contributed by atoms with Crippen LogP contribution in [0.5, 0.6) is 0 Å². The molecule has 2 rings (SSSR count). The Morgan fingerprint density at radius 3 is 2.37 bits per heavy atom. The number of benzene rings is 1. The van der Waals surface area contributed by atoms with Crippen molar-refractivity contribution in [3.8, 4) is 0 Å². The molecule has 1 aromatic carbocycles. The molecule has 1 saturated heterocycles. The average Bonchev–Trinajstić information content (AvgIpc) is 2.61. The van der Waals surface area contributed by atoms with E-state index < -0.39 is 46.1 Å². The number of hydrogen-bond donors (Lipinski definition) is 0. The molecule has 10 heteroatoms. The van der Waals surface area contributed by atoms with Crippen LogP contribution in [0, 0.1) is 17.6 Å². The average molecular weight is 405 g/mol. The fraction of sp³-hybridized carbons (Fsp3) is 0.529. The van der Waals surface area contributed by atoms with Gasteiger partial charge in [-0.3, -0.25) is 4.79 Å². The fourth-order valence-electron chi connectivity index (χ4n) is 2.66. The second kappa shape index (κ2) is 8.75. The maximum absolute atomic E-state index is 13.3. The minimum Gasteiger partial charge on any atom is -0.460 e. The summed E-state index contributed by atoms with van der Waals surface area (Å²) in [7, 11) is -3.99. The Morgan fingerprint density at radius 1 is 1.19 bits per heavy atom. The summed E-state index contributed by atoms with van der Waals surface area (Å²) in [5, 5.41) is 0. The molecule has 0 aromatic heterocycles. The molecule has 0 N–H and O–H groups in total. The van der Waals surface area contributed by atoms with Crippen molar-refractivity contribution in [2.75, 3.05) is 19.7 Å². The number of rotatable bonds is 6. The molecule has 1 aliphatic rings. The summed E-state index contributed by atoms with van der Waals surface area (Å²) in [6.07, 6.45) is 0.0722. The highest BCUT2D eigenvalue weighted by atomic mass is 32.2. The Balaban J connectivity index is 1.91. The van der Waals surface area contributed by atoms with Gasteiger partial charge in [0.2, 0.25) is 10.0 Å². The minimum absolute atomic E-state index is 0.0253. The summed E-state index contributed by atoms with van der Waals surface area (Å²) in [4.78, 5) is 23.0. The smallest absolute Gasteiger partial charge is 0.344 e. The molecule has 0 saturated carbocycles. The van der Waals surface area contributed by atoms with Crippen LogP contribution < -0.4 is 0 Å². The second-order valence-corrected chi connectivity index (χ2v) is 8.34. The number of esters is 2. The van der Waals surface area contributed by atoms with Crippen LogP contribution in [-0.2, 0) is 29.1 Å². The van der Waals surface area contributed by atoms with Crippen LogP contribution in [0.2, 0.25) is 0 Å².